The highest BCUT2D eigenvalue weighted by molar-refractivity contribution is 6.36. The molecular formula is C21H17ClN2O3. The van der Waals surface area contributed by atoms with Crippen LogP contribution in [-0.2, 0) is 0 Å². The lowest BCUT2D eigenvalue weighted by molar-refractivity contribution is 0.0893. The lowest BCUT2D eigenvalue weighted by Crippen LogP contribution is -2.40. The van der Waals surface area contributed by atoms with Gasteiger partial charge < -0.3 is 10.4 Å². The maximum atomic E-state index is 13.1. The van der Waals surface area contributed by atoms with Crippen molar-refractivity contribution in [3.8, 4) is 0 Å². The van der Waals surface area contributed by atoms with Gasteiger partial charge in [-0.25, -0.2) is 4.90 Å². The number of amides is 2. The van der Waals surface area contributed by atoms with Crippen molar-refractivity contribution in [3.63, 3.8) is 0 Å². The molecule has 2 amide bonds. The van der Waals surface area contributed by atoms with Gasteiger partial charge >= 0.3 is 0 Å². The van der Waals surface area contributed by atoms with Crippen LogP contribution in [0.25, 0.3) is 10.8 Å². The zero-order chi connectivity index (χ0) is 19.0. The number of halogens is 1. The monoisotopic (exact) mass is 380 g/mol. The molecule has 27 heavy (non-hydrogen) atoms. The molecule has 2 N–H and O–H groups in total. The molecular weight excluding hydrogens is 364 g/mol. The van der Waals surface area contributed by atoms with Crippen molar-refractivity contribution in [1.82, 2.24) is 0 Å². The Morgan fingerprint density at radius 3 is 2.33 bits per heavy atom. The average Bonchev–Trinajstić information content (AvgIpc) is 2.71. The predicted molar refractivity (Wildman–Crippen MR) is 107 cm³/mol. The van der Waals surface area contributed by atoms with E-state index < -0.39 is 6.10 Å². The minimum atomic E-state index is -0.686. The van der Waals surface area contributed by atoms with Crippen LogP contribution in [0.5, 0.6) is 0 Å². The lowest BCUT2D eigenvalue weighted by Gasteiger charge is -2.28. The fourth-order valence-electron chi connectivity index (χ4n) is 3.34. The number of hydrogen-bond acceptors (Lipinski definition) is 4. The molecule has 0 aromatic heterocycles. The fraction of sp³-hybridized carbons (Fsp3) is 0.143. The number of imide groups is 1. The topological polar surface area (TPSA) is 69.6 Å². The molecule has 0 unspecified atom stereocenters. The van der Waals surface area contributed by atoms with E-state index in [-0.39, 0.29) is 24.2 Å². The van der Waals surface area contributed by atoms with E-state index >= 15 is 0 Å². The van der Waals surface area contributed by atoms with Gasteiger partial charge in [0.1, 0.15) is 0 Å². The van der Waals surface area contributed by atoms with Gasteiger partial charge in [0.05, 0.1) is 17.7 Å². The van der Waals surface area contributed by atoms with Crippen molar-refractivity contribution >= 4 is 45.6 Å². The van der Waals surface area contributed by atoms with Gasteiger partial charge in [0.2, 0.25) is 0 Å². The number of anilines is 2. The SMILES string of the molecule is O=C1c2cccc3c(NC[C@H](O)CCl)ccc(c23)C(=O)N1c1ccccc1. The van der Waals surface area contributed by atoms with E-state index in [1.165, 1.54) is 4.90 Å². The molecule has 1 heterocycles. The first-order valence-corrected chi connectivity index (χ1v) is 9.12. The Morgan fingerprint density at radius 1 is 0.926 bits per heavy atom. The van der Waals surface area contributed by atoms with Crippen LogP contribution in [0.1, 0.15) is 20.7 Å². The molecule has 1 aliphatic rings. The average molecular weight is 381 g/mol. The van der Waals surface area contributed by atoms with Crippen LogP contribution >= 0.6 is 11.6 Å². The summed E-state index contributed by atoms with van der Waals surface area (Å²) in [6.45, 7) is 0.278. The van der Waals surface area contributed by atoms with Crippen molar-refractivity contribution in [1.29, 1.82) is 0 Å². The number of rotatable bonds is 5. The maximum absolute atomic E-state index is 13.1. The highest BCUT2D eigenvalue weighted by Gasteiger charge is 2.34. The molecule has 0 aliphatic carbocycles. The van der Waals surface area contributed by atoms with Gasteiger partial charge in [-0.05, 0) is 30.3 Å². The Hall–Kier alpha value is -2.89. The molecule has 6 heteroatoms. The third-order valence-electron chi connectivity index (χ3n) is 4.63. The number of hydrogen-bond donors (Lipinski definition) is 2. The quantitative estimate of drug-likeness (QED) is 0.523. The summed E-state index contributed by atoms with van der Waals surface area (Å²) in [4.78, 5) is 27.3. The summed E-state index contributed by atoms with van der Waals surface area (Å²) in [6, 6.07) is 17.8. The van der Waals surface area contributed by atoms with E-state index in [0.29, 0.717) is 22.2 Å². The molecule has 1 aliphatic heterocycles. The van der Waals surface area contributed by atoms with Gasteiger partial charge in [-0.3, -0.25) is 9.59 Å². The molecule has 136 valence electrons. The second-order valence-electron chi connectivity index (χ2n) is 6.36. The second kappa shape index (κ2) is 7.02. The zero-order valence-electron chi connectivity index (χ0n) is 14.4. The Balaban J connectivity index is 1.83. The molecule has 0 bridgehead atoms. The van der Waals surface area contributed by atoms with E-state index in [9.17, 15) is 14.7 Å². The van der Waals surface area contributed by atoms with Gasteiger partial charge in [-0.15, -0.1) is 11.6 Å². The second-order valence-corrected chi connectivity index (χ2v) is 6.67. The first kappa shape index (κ1) is 17.5. The van der Waals surface area contributed by atoms with Gasteiger partial charge in [0, 0.05) is 34.1 Å². The summed E-state index contributed by atoms with van der Waals surface area (Å²) < 4.78 is 0. The molecule has 5 nitrogen and oxygen atoms in total. The van der Waals surface area contributed by atoms with Crippen LogP contribution in [0, 0.1) is 0 Å². The molecule has 1 atom stereocenters. The fourth-order valence-corrected chi connectivity index (χ4v) is 3.45. The third-order valence-corrected chi connectivity index (χ3v) is 4.98. The van der Waals surface area contributed by atoms with E-state index in [1.807, 2.05) is 12.1 Å². The number of nitrogens with zero attached hydrogens (tertiary/aromatic N) is 1. The first-order valence-electron chi connectivity index (χ1n) is 8.59. The summed E-state index contributed by atoms with van der Waals surface area (Å²) in [6.07, 6.45) is -0.686. The number of alkyl halides is 1. The van der Waals surface area contributed by atoms with Crippen molar-refractivity contribution in [2.45, 2.75) is 6.10 Å². The van der Waals surface area contributed by atoms with Crippen molar-refractivity contribution in [2.75, 3.05) is 22.6 Å². The Kier molecular flexibility index (Phi) is 4.56. The largest absolute Gasteiger partial charge is 0.390 e. The molecule has 0 saturated heterocycles. The summed E-state index contributed by atoms with van der Waals surface area (Å²) >= 11 is 5.65. The number of carbonyl (C=O) groups excluding carboxylic acids is 2. The van der Waals surface area contributed by atoms with Crippen molar-refractivity contribution in [3.05, 3.63) is 71.8 Å². The molecule has 0 fully saturated rings. The highest BCUT2D eigenvalue weighted by atomic mass is 35.5. The number of para-hydroxylation sites is 1. The van der Waals surface area contributed by atoms with Gasteiger partial charge in [0.15, 0.2) is 0 Å². The predicted octanol–water partition coefficient (Wildman–Crippen LogP) is 3.65. The van der Waals surface area contributed by atoms with Crippen LogP contribution in [0.3, 0.4) is 0 Å². The Bertz CT molecular complexity index is 1010. The van der Waals surface area contributed by atoms with Gasteiger partial charge in [0.25, 0.3) is 11.8 Å². The van der Waals surface area contributed by atoms with Crippen molar-refractivity contribution in [2.24, 2.45) is 0 Å². The number of nitrogens with one attached hydrogen (secondary N) is 1. The minimum Gasteiger partial charge on any atom is -0.390 e. The maximum Gasteiger partial charge on any atom is 0.265 e. The van der Waals surface area contributed by atoms with Crippen LogP contribution in [0.4, 0.5) is 11.4 Å². The smallest absolute Gasteiger partial charge is 0.265 e. The van der Waals surface area contributed by atoms with E-state index in [1.54, 1.807) is 48.5 Å². The standard InChI is InChI=1S/C21H17ClN2O3/c22-11-14(25)12-23-18-10-9-17-19-15(18)7-4-8-16(19)20(26)24(21(17)27)13-5-2-1-3-6-13/h1-10,14,23,25H,11-12H2/t14-/m1/s1. The van der Waals surface area contributed by atoms with Gasteiger partial charge in [-0.1, -0.05) is 30.3 Å². The summed E-state index contributed by atoms with van der Waals surface area (Å²) in [5.41, 5.74) is 2.25. The highest BCUT2D eigenvalue weighted by Crippen LogP contribution is 2.36. The third kappa shape index (κ3) is 2.95. The molecule has 0 radical (unpaired) electrons. The van der Waals surface area contributed by atoms with E-state index in [4.69, 9.17) is 11.6 Å². The minimum absolute atomic E-state index is 0.122. The molecule has 4 rings (SSSR count). The van der Waals surface area contributed by atoms with Crippen LogP contribution < -0.4 is 10.2 Å². The molecule has 3 aromatic carbocycles. The van der Waals surface area contributed by atoms with Crippen LogP contribution in [0.15, 0.2) is 60.7 Å². The van der Waals surface area contributed by atoms with Crippen LogP contribution in [0.2, 0.25) is 0 Å². The normalized spacial score (nSPS) is 14.5. The molecule has 0 saturated carbocycles. The molecule has 3 aromatic rings. The number of carbonyl (C=O) groups is 2. The Morgan fingerprint density at radius 2 is 1.63 bits per heavy atom. The number of aliphatic hydroxyl groups excluding tert-OH is 1. The van der Waals surface area contributed by atoms with Crippen molar-refractivity contribution < 1.29 is 14.7 Å². The molecule has 0 spiro atoms. The Labute approximate surface area is 161 Å². The van der Waals surface area contributed by atoms with E-state index in [0.717, 1.165) is 11.1 Å². The van der Waals surface area contributed by atoms with Crippen LogP contribution in [-0.4, -0.2) is 35.4 Å². The lowest BCUT2D eigenvalue weighted by atomic mass is 9.92. The van der Waals surface area contributed by atoms with E-state index in [2.05, 4.69) is 5.32 Å². The van der Waals surface area contributed by atoms with Gasteiger partial charge in [-0.2, -0.15) is 0 Å². The zero-order valence-corrected chi connectivity index (χ0v) is 15.1. The first-order chi connectivity index (χ1) is 13.1. The number of benzene rings is 3. The number of aliphatic hydroxyl groups is 1. The summed E-state index contributed by atoms with van der Waals surface area (Å²) in [7, 11) is 0. The summed E-state index contributed by atoms with van der Waals surface area (Å²) in [5.74, 6) is -0.568. The summed E-state index contributed by atoms with van der Waals surface area (Å²) in [5, 5.41) is 14.2.